The number of carbonyl (C=O) groups is 1. The van der Waals surface area contributed by atoms with Gasteiger partial charge in [0.15, 0.2) is 0 Å². The number of nitrogens with one attached hydrogen (secondary N) is 1. The van der Waals surface area contributed by atoms with E-state index in [9.17, 15) is 14.4 Å². The molecular formula is C24H17BrClFN2O. The topological polar surface area (TPSA) is 52.9 Å². The molecule has 1 amide bonds. The Balaban J connectivity index is 1.79. The molecule has 0 aliphatic heterocycles. The van der Waals surface area contributed by atoms with Crippen LogP contribution in [-0.4, -0.2) is 5.91 Å². The van der Waals surface area contributed by atoms with Gasteiger partial charge in [-0.25, -0.2) is 4.39 Å². The molecule has 0 radical (unpaired) electrons. The number of amides is 1. The van der Waals surface area contributed by atoms with Crippen LogP contribution >= 0.6 is 27.5 Å². The van der Waals surface area contributed by atoms with Crippen LogP contribution in [0.2, 0.25) is 5.02 Å². The van der Waals surface area contributed by atoms with Crippen molar-refractivity contribution in [1.82, 2.24) is 0 Å². The molecule has 0 fully saturated rings. The van der Waals surface area contributed by atoms with Gasteiger partial charge in [0.2, 0.25) is 0 Å². The summed E-state index contributed by atoms with van der Waals surface area (Å²) < 4.78 is 14.7. The van der Waals surface area contributed by atoms with Gasteiger partial charge >= 0.3 is 0 Å². The first-order chi connectivity index (χ1) is 14.4. The van der Waals surface area contributed by atoms with E-state index in [4.69, 9.17) is 11.6 Å². The zero-order valence-corrected chi connectivity index (χ0v) is 18.4. The van der Waals surface area contributed by atoms with Crippen LogP contribution in [0.1, 0.15) is 22.3 Å². The van der Waals surface area contributed by atoms with Gasteiger partial charge in [-0.2, -0.15) is 5.26 Å². The predicted molar refractivity (Wildman–Crippen MR) is 122 cm³/mol. The van der Waals surface area contributed by atoms with Crippen LogP contribution in [0.4, 0.5) is 10.1 Å². The quantitative estimate of drug-likeness (QED) is 0.325. The summed E-state index contributed by atoms with van der Waals surface area (Å²) >= 11 is 9.58. The molecule has 0 saturated carbocycles. The molecule has 0 aliphatic rings. The van der Waals surface area contributed by atoms with E-state index >= 15 is 0 Å². The first kappa shape index (κ1) is 21.8. The first-order valence-electron chi connectivity index (χ1n) is 9.08. The molecule has 0 heterocycles. The number of anilines is 1. The van der Waals surface area contributed by atoms with Crippen molar-refractivity contribution in [3.05, 3.63) is 104 Å². The normalized spacial score (nSPS) is 11.1. The molecule has 0 atom stereocenters. The fourth-order valence-electron chi connectivity index (χ4n) is 2.83. The Labute approximate surface area is 187 Å². The van der Waals surface area contributed by atoms with Crippen LogP contribution in [0.5, 0.6) is 0 Å². The van der Waals surface area contributed by atoms with Gasteiger partial charge in [-0.15, -0.1) is 0 Å². The summed E-state index contributed by atoms with van der Waals surface area (Å²) in [5.74, 6) is -0.781. The van der Waals surface area contributed by atoms with Gasteiger partial charge < -0.3 is 5.32 Å². The third-order valence-electron chi connectivity index (χ3n) is 4.52. The minimum atomic E-state index is -0.524. The lowest BCUT2D eigenvalue weighted by Crippen LogP contribution is -2.13. The van der Waals surface area contributed by atoms with Gasteiger partial charge in [-0.3, -0.25) is 4.79 Å². The Morgan fingerprint density at radius 2 is 1.93 bits per heavy atom. The van der Waals surface area contributed by atoms with Gasteiger partial charge in [0.25, 0.3) is 5.91 Å². The van der Waals surface area contributed by atoms with Crippen molar-refractivity contribution in [2.45, 2.75) is 13.3 Å². The molecule has 0 unspecified atom stereocenters. The maximum atomic E-state index is 13.9. The Morgan fingerprint density at radius 3 is 2.60 bits per heavy atom. The zero-order valence-electron chi connectivity index (χ0n) is 16.0. The van der Waals surface area contributed by atoms with Crippen molar-refractivity contribution >= 4 is 45.2 Å². The SMILES string of the molecule is Cc1ccc(NC(=O)/C(C#N)=C/c2ccc(Cc3ccccc3F)c(Br)c2)cc1Cl. The summed E-state index contributed by atoms with van der Waals surface area (Å²) in [5.41, 5.74) is 3.53. The minimum Gasteiger partial charge on any atom is -0.321 e. The average Bonchev–Trinajstić information content (AvgIpc) is 2.72. The van der Waals surface area contributed by atoms with E-state index < -0.39 is 5.91 Å². The highest BCUT2D eigenvalue weighted by atomic mass is 79.9. The molecule has 30 heavy (non-hydrogen) atoms. The third-order valence-corrected chi connectivity index (χ3v) is 5.67. The van der Waals surface area contributed by atoms with Crippen LogP contribution in [0.15, 0.2) is 70.7 Å². The zero-order chi connectivity index (χ0) is 21.7. The number of hydrogen-bond donors (Lipinski definition) is 1. The highest BCUT2D eigenvalue weighted by Gasteiger charge is 2.11. The number of benzene rings is 3. The maximum absolute atomic E-state index is 13.9. The molecule has 0 saturated heterocycles. The number of nitriles is 1. The summed E-state index contributed by atoms with van der Waals surface area (Å²) in [5, 5.41) is 12.6. The maximum Gasteiger partial charge on any atom is 0.266 e. The number of aryl methyl sites for hydroxylation is 1. The van der Waals surface area contributed by atoms with Gasteiger partial charge in [0.1, 0.15) is 17.5 Å². The molecule has 0 aromatic heterocycles. The second-order valence-electron chi connectivity index (χ2n) is 6.71. The fourth-order valence-corrected chi connectivity index (χ4v) is 3.55. The molecule has 1 N–H and O–H groups in total. The molecule has 3 rings (SSSR count). The van der Waals surface area contributed by atoms with Crippen LogP contribution in [0.3, 0.4) is 0 Å². The molecule has 6 heteroatoms. The van der Waals surface area contributed by atoms with E-state index in [-0.39, 0.29) is 11.4 Å². The number of halogens is 3. The third kappa shape index (κ3) is 5.35. The van der Waals surface area contributed by atoms with E-state index in [1.807, 2.05) is 19.1 Å². The van der Waals surface area contributed by atoms with Gasteiger partial charge in [-0.1, -0.05) is 63.9 Å². The molecule has 0 bridgehead atoms. The number of rotatable bonds is 5. The average molecular weight is 484 g/mol. The fraction of sp³-hybridized carbons (Fsp3) is 0.0833. The highest BCUT2D eigenvalue weighted by Crippen LogP contribution is 2.24. The Hall–Kier alpha value is -2.94. The van der Waals surface area contributed by atoms with Crippen molar-refractivity contribution in [2.75, 3.05) is 5.32 Å². The number of nitrogens with zero attached hydrogens (tertiary/aromatic N) is 1. The van der Waals surface area contributed by atoms with Crippen molar-refractivity contribution in [1.29, 1.82) is 5.26 Å². The number of carbonyl (C=O) groups excluding carboxylic acids is 1. The smallest absolute Gasteiger partial charge is 0.266 e. The lowest BCUT2D eigenvalue weighted by atomic mass is 10.0. The Morgan fingerprint density at radius 1 is 1.17 bits per heavy atom. The molecule has 3 nitrogen and oxygen atoms in total. The monoisotopic (exact) mass is 482 g/mol. The van der Waals surface area contributed by atoms with Gasteiger partial charge in [0, 0.05) is 21.6 Å². The lowest BCUT2D eigenvalue weighted by molar-refractivity contribution is -0.112. The summed E-state index contributed by atoms with van der Waals surface area (Å²) in [6.07, 6.45) is 1.93. The van der Waals surface area contributed by atoms with E-state index in [1.54, 1.807) is 48.5 Å². The standard InChI is InChI=1S/C24H17BrClFN2O/c1-15-6-9-20(13-22(15)26)29-24(30)19(14-28)10-16-7-8-17(21(25)11-16)12-18-4-2-3-5-23(18)27/h2-11,13H,12H2,1H3,(H,29,30)/b19-10+. The van der Waals surface area contributed by atoms with Crippen molar-refractivity contribution in [3.63, 3.8) is 0 Å². The minimum absolute atomic E-state index is 0.0412. The largest absolute Gasteiger partial charge is 0.321 e. The van der Waals surface area contributed by atoms with E-state index in [0.717, 1.165) is 15.6 Å². The number of hydrogen-bond acceptors (Lipinski definition) is 2. The Bertz CT molecular complexity index is 1180. The Kier molecular flexibility index (Phi) is 7.04. The van der Waals surface area contributed by atoms with Crippen molar-refractivity contribution < 1.29 is 9.18 Å². The second kappa shape index (κ2) is 9.71. The molecule has 3 aromatic rings. The van der Waals surface area contributed by atoms with E-state index in [1.165, 1.54) is 12.1 Å². The molecule has 3 aromatic carbocycles. The van der Waals surface area contributed by atoms with Crippen molar-refractivity contribution in [2.24, 2.45) is 0 Å². The summed E-state index contributed by atoms with van der Waals surface area (Å²) in [4.78, 5) is 12.5. The highest BCUT2D eigenvalue weighted by molar-refractivity contribution is 9.10. The molecule has 0 spiro atoms. The molecule has 0 aliphatic carbocycles. The van der Waals surface area contributed by atoms with E-state index in [2.05, 4.69) is 21.2 Å². The molecule has 150 valence electrons. The van der Waals surface area contributed by atoms with Gasteiger partial charge in [0.05, 0.1) is 0 Å². The van der Waals surface area contributed by atoms with Crippen LogP contribution in [0, 0.1) is 24.1 Å². The summed E-state index contributed by atoms with van der Waals surface area (Å²) in [6.45, 7) is 1.86. The van der Waals surface area contributed by atoms with Crippen molar-refractivity contribution in [3.8, 4) is 6.07 Å². The van der Waals surface area contributed by atoms with Gasteiger partial charge in [-0.05, 0) is 59.5 Å². The molecular weight excluding hydrogens is 467 g/mol. The lowest BCUT2D eigenvalue weighted by Gasteiger charge is -2.08. The van der Waals surface area contributed by atoms with Crippen LogP contribution < -0.4 is 5.32 Å². The van der Waals surface area contributed by atoms with Crippen LogP contribution in [-0.2, 0) is 11.2 Å². The first-order valence-corrected chi connectivity index (χ1v) is 10.3. The second-order valence-corrected chi connectivity index (χ2v) is 7.97. The summed E-state index contributed by atoms with van der Waals surface area (Å²) in [7, 11) is 0. The predicted octanol–water partition coefficient (Wildman–Crippen LogP) is 6.69. The van der Waals surface area contributed by atoms with Crippen LogP contribution in [0.25, 0.3) is 6.08 Å². The summed E-state index contributed by atoms with van der Waals surface area (Å²) in [6, 6.07) is 19.1. The van der Waals surface area contributed by atoms with E-state index in [0.29, 0.717) is 28.3 Å².